The number of aromatic nitrogens is 2. The standard InChI is InChI=1S/C23H20N2O3S/c1-3-25-21(26)19-12-17-6-4-5-7-18(17)13-20(19)24-23(25)29-14-15-8-10-16(11-9-15)22(27)28-2/h4-13H,3,14H2,1-2H3. The molecule has 0 aliphatic carbocycles. The van der Waals surface area contributed by atoms with Gasteiger partial charge in [-0.05, 0) is 47.5 Å². The van der Waals surface area contributed by atoms with E-state index in [1.54, 1.807) is 16.7 Å². The van der Waals surface area contributed by atoms with Gasteiger partial charge in [0.15, 0.2) is 5.16 Å². The van der Waals surface area contributed by atoms with Crippen molar-refractivity contribution in [3.05, 3.63) is 82.1 Å². The third-order valence-corrected chi connectivity index (χ3v) is 5.89. The molecule has 0 fully saturated rings. The summed E-state index contributed by atoms with van der Waals surface area (Å²) in [6, 6.07) is 19.1. The monoisotopic (exact) mass is 404 g/mol. The summed E-state index contributed by atoms with van der Waals surface area (Å²) >= 11 is 1.51. The number of thioether (sulfide) groups is 1. The molecule has 0 saturated carbocycles. The van der Waals surface area contributed by atoms with Gasteiger partial charge in [0.2, 0.25) is 0 Å². The van der Waals surface area contributed by atoms with Crippen molar-refractivity contribution in [1.82, 2.24) is 9.55 Å². The van der Waals surface area contributed by atoms with Crippen molar-refractivity contribution in [2.45, 2.75) is 24.4 Å². The second-order valence-electron chi connectivity index (χ2n) is 6.64. The maximum absolute atomic E-state index is 13.0. The number of ether oxygens (including phenoxy) is 1. The van der Waals surface area contributed by atoms with Crippen LogP contribution >= 0.6 is 11.8 Å². The molecule has 29 heavy (non-hydrogen) atoms. The van der Waals surface area contributed by atoms with Crippen LogP contribution in [-0.2, 0) is 17.0 Å². The van der Waals surface area contributed by atoms with Gasteiger partial charge in [0.1, 0.15) is 0 Å². The number of methoxy groups -OCH3 is 1. The smallest absolute Gasteiger partial charge is 0.337 e. The minimum atomic E-state index is -0.354. The van der Waals surface area contributed by atoms with Crippen molar-refractivity contribution in [1.29, 1.82) is 0 Å². The van der Waals surface area contributed by atoms with Crippen molar-refractivity contribution in [3.63, 3.8) is 0 Å². The molecule has 0 aliphatic rings. The van der Waals surface area contributed by atoms with Crippen molar-refractivity contribution >= 4 is 39.4 Å². The third-order valence-electron chi connectivity index (χ3n) is 4.85. The maximum Gasteiger partial charge on any atom is 0.337 e. The van der Waals surface area contributed by atoms with E-state index in [0.717, 1.165) is 16.3 Å². The Morgan fingerprint density at radius 3 is 2.41 bits per heavy atom. The van der Waals surface area contributed by atoms with Crippen LogP contribution in [0.25, 0.3) is 21.7 Å². The molecule has 1 aromatic heterocycles. The van der Waals surface area contributed by atoms with E-state index in [0.29, 0.717) is 33.9 Å². The van der Waals surface area contributed by atoms with Crippen molar-refractivity contribution in [3.8, 4) is 0 Å². The Labute approximate surface area is 172 Å². The normalized spacial score (nSPS) is 11.1. The number of carbonyl (C=O) groups is 1. The quantitative estimate of drug-likeness (QED) is 0.210. The molecule has 3 aromatic carbocycles. The summed E-state index contributed by atoms with van der Waals surface area (Å²) in [4.78, 5) is 29.4. The van der Waals surface area contributed by atoms with E-state index in [1.165, 1.54) is 18.9 Å². The summed E-state index contributed by atoms with van der Waals surface area (Å²) in [5.41, 5.74) is 2.24. The first kappa shape index (κ1) is 19.2. The Balaban J connectivity index is 1.68. The molecule has 4 rings (SSSR count). The molecule has 0 unspecified atom stereocenters. The molecule has 0 amide bonds. The zero-order valence-corrected chi connectivity index (χ0v) is 17.0. The topological polar surface area (TPSA) is 61.2 Å². The van der Waals surface area contributed by atoms with Crippen LogP contribution in [0, 0.1) is 0 Å². The zero-order chi connectivity index (χ0) is 20.4. The summed E-state index contributed by atoms with van der Waals surface area (Å²) < 4.78 is 6.44. The van der Waals surface area contributed by atoms with E-state index >= 15 is 0 Å². The first-order chi connectivity index (χ1) is 14.1. The van der Waals surface area contributed by atoms with E-state index in [9.17, 15) is 9.59 Å². The van der Waals surface area contributed by atoms with Gasteiger partial charge in [-0.2, -0.15) is 0 Å². The average molecular weight is 404 g/mol. The summed E-state index contributed by atoms with van der Waals surface area (Å²) in [6.07, 6.45) is 0. The third kappa shape index (κ3) is 3.76. The lowest BCUT2D eigenvalue weighted by molar-refractivity contribution is 0.0600. The molecule has 0 bridgehead atoms. The van der Waals surface area contributed by atoms with Gasteiger partial charge in [0.25, 0.3) is 5.56 Å². The summed E-state index contributed by atoms with van der Waals surface area (Å²) in [5.74, 6) is 0.292. The van der Waals surface area contributed by atoms with E-state index in [4.69, 9.17) is 9.72 Å². The number of nitrogens with zero attached hydrogens (tertiary/aromatic N) is 2. The Morgan fingerprint density at radius 2 is 1.76 bits per heavy atom. The van der Waals surface area contributed by atoms with Gasteiger partial charge < -0.3 is 4.74 Å². The van der Waals surface area contributed by atoms with Gasteiger partial charge in [-0.3, -0.25) is 9.36 Å². The van der Waals surface area contributed by atoms with Crippen molar-refractivity contribution in [2.24, 2.45) is 0 Å². The fourth-order valence-corrected chi connectivity index (χ4v) is 4.30. The van der Waals surface area contributed by atoms with Crippen LogP contribution in [0.5, 0.6) is 0 Å². The van der Waals surface area contributed by atoms with E-state index in [2.05, 4.69) is 0 Å². The molecule has 0 N–H and O–H groups in total. The van der Waals surface area contributed by atoms with Gasteiger partial charge in [-0.25, -0.2) is 9.78 Å². The Morgan fingerprint density at radius 1 is 1.07 bits per heavy atom. The fraction of sp³-hybridized carbons (Fsp3) is 0.174. The Kier molecular flexibility index (Phi) is 5.36. The summed E-state index contributed by atoms with van der Waals surface area (Å²) in [7, 11) is 1.37. The Bertz CT molecular complexity index is 1260. The molecule has 0 aliphatic heterocycles. The minimum Gasteiger partial charge on any atom is -0.465 e. The molecule has 0 atom stereocenters. The number of rotatable bonds is 5. The molecule has 4 aromatic rings. The largest absolute Gasteiger partial charge is 0.465 e. The second-order valence-corrected chi connectivity index (χ2v) is 7.58. The second kappa shape index (κ2) is 8.09. The first-order valence-corrected chi connectivity index (χ1v) is 10.3. The van der Waals surface area contributed by atoms with Gasteiger partial charge in [0, 0.05) is 12.3 Å². The van der Waals surface area contributed by atoms with E-state index < -0.39 is 0 Å². The van der Waals surface area contributed by atoms with Crippen LogP contribution in [0.15, 0.2) is 70.6 Å². The molecular weight excluding hydrogens is 384 g/mol. The average Bonchev–Trinajstić information content (AvgIpc) is 2.76. The zero-order valence-electron chi connectivity index (χ0n) is 16.2. The highest BCUT2D eigenvalue weighted by Crippen LogP contribution is 2.25. The predicted octanol–water partition coefficient (Wildman–Crippen LogP) is 4.65. The number of esters is 1. The van der Waals surface area contributed by atoms with Gasteiger partial charge in [0.05, 0.1) is 23.6 Å². The molecule has 5 nitrogen and oxygen atoms in total. The number of hydrogen-bond acceptors (Lipinski definition) is 5. The van der Waals surface area contributed by atoms with Crippen LogP contribution in [0.3, 0.4) is 0 Å². The number of benzene rings is 3. The minimum absolute atomic E-state index is 0.0215. The van der Waals surface area contributed by atoms with E-state index in [-0.39, 0.29) is 11.5 Å². The maximum atomic E-state index is 13.0. The van der Waals surface area contributed by atoms with Crippen LogP contribution < -0.4 is 5.56 Å². The molecule has 0 saturated heterocycles. The van der Waals surface area contributed by atoms with Crippen molar-refractivity contribution < 1.29 is 9.53 Å². The van der Waals surface area contributed by atoms with Gasteiger partial charge >= 0.3 is 5.97 Å². The fourth-order valence-electron chi connectivity index (χ4n) is 3.28. The predicted molar refractivity (Wildman–Crippen MR) is 117 cm³/mol. The highest BCUT2D eigenvalue weighted by Gasteiger charge is 2.12. The molecule has 146 valence electrons. The Hall–Kier alpha value is -3.12. The van der Waals surface area contributed by atoms with Gasteiger partial charge in [-0.1, -0.05) is 48.2 Å². The van der Waals surface area contributed by atoms with Crippen LogP contribution in [0.4, 0.5) is 0 Å². The van der Waals surface area contributed by atoms with Crippen molar-refractivity contribution in [2.75, 3.05) is 7.11 Å². The summed E-state index contributed by atoms with van der Waals surface area (Å²) in [6.45, 7) is 2.50. The molecule has 1 heterocycles. The van der Waals surface area contributed by atoms with Crippen LogP contribution in [-0.4, -0.2) is 22.6 Å². The lowest BCUT2D eigenvalue weighted by Crippen LogP contribution is -2.22. The number of carbonyl (C=O) groups excluding carboxylic acids is 1. The SMILES string of the molecule is CCn1c(SCc2ccc(C(=O)OC)cc2)nc2cc3ccccc3cc2c1=O. The lowest BCUT2D eigenvalue weighted by Gasteiger charge is -2.12. The lowest BCUT2D eigenvalue weighted by atomic mass is 10.1. The number of hydrogen-bond donors (Lipinski definition) is 0. The molecule has 0 spiro atoms. The highest BCUT2D eigenvalue weighted by molar-refractivity contribution is 7.98. The summed E-state index contributed by atoms with van der Waals surface area (Å²) in [5, 5.41) is 3.43. The molecule has 0 radical (unpaired) electrons. The van der Waals surface area contributed by atoms with Crippen LogP contribution in [0.1, 0.15) is 22.8 Å². The highest BCUT2D eigenvalue weighted by atomic mass is 32.2. The molecular formula is C23H20N2O3S. The molecule has 6 heteroatoms. The van der Waals surface area contributed by atoms with E-state index in [1.807, 2.05) is 55.5 Å². The first-order valence-electron chi connectivity index (χ1n) is 9.34. The van der Waals surface area contributed by atoms with Gasteiger partial charge in [-0.15, -0.1) is 0 Å². The van der Waals surface area contributed by atoms with Crippen LogP contribution in [0.2, 0.25) is 0 Å². The number of fused-ring (bicyclic) bond motifs is 2.